The Morgan fingerprint density at radius 2 is 2.03 bits per heavy atom. The van der Waals surface area contributed by atoms with Crippen molar-refractivity contribution in [3.05, 3.63) is 54.4 Å². The Kier molecular flexibility index (Phi) is 5.02. The van der Waals surface area contributed by atoms with Crippen molar-refractivity contribution in [2.45, 2.75) is 18.4 Å². The highest BCUT2D eigenvalue weighted by atomic mass is 32.2. The van der Waals surface area contributed by atoms with E-state index in [4.69, 9.17) is 5.11 Å². The molecule has 1 unspecified atom stereocenters. The third kappa shape index (κ3) is 3.90. The van der Waals surface area contributed by atoms with E-state index in [1.165, 1.54) is 11.1 Å². The van der Waals surface area contributed by atoms with Gasteiger partial charge in [0.2, 0.25) is 0 Å². The summed E-state index contributed by atoms with van der Waals surface area (Å²) >= 11 is 0. The van der Waals surface area contributed by atoms with Crippen LogP contribution in [0.25, 0.3) is 16.6 Å². The van der Waals surface area contributed by atoms with Gasteiger partial charge in [0.25, 0.3) is 0 Å². The third-order valence-corrected chi connectivity index (χ3v) is 6.24. The lowest BCUT2D eigenvalue weighted by Gasteiger charge is -2.28. The number of carboxylic acid groups (broad SMARTS) is 1. The first-order chi connectivity index (χ1) is 14.2. The summed E-state index contributed by atoms with van der Waals surface area (Å²) in [6.45, 7) is 3.19. The number of hydrogen-bond acceptors (Lipinski definition) is 6. The third-order valence-electron chi connectivity index (χ3n) is 5.16. The van der Waals surface area contributed by atoms with E-state index in [9.17, 15) is 13.2 Å². The van der Waals surface area contributed by atoms with E-state index in [0.29, 0.717) is 25.3 Å². The van der Waals surface area contributed by atoms with Gasteiger partial charge < -0.3 is 14.6 Å². The molecule has 0 bridgehead atoms. The minimum absolute atomic E-state index is 0.0385. The zero-order valence-electron chi connectivity index (χ0n) is 16.6. The van der Waals surface area contributed by atoms with Crippen LogP contribution in [-0.2, 0) is 16.4 Å². The molecule has 0 aromatic carbocycles. The molecule has 4 heterocycles. The summed E-state index contributed by atoms with van der Waals surface area (Å²) in [7, 11) is -3.31. The first kappa shape index (κ1) is 20.0. The van der Waals surface area contributed by atoms with E-state index in [1.807, 2.05) is 29.8 Å². The van der Waals surface area contributed by atoms with Crippen molar-refractivity contribution in [2.24, 2.45) is 5.92 Å². The monoisotopic (exact) mass is 427 g/mol. The van der Waals surface area contributed by atoms with Crippen LogP contribution in [0.3, 0.4) is 0 Å². The van der Waals surface area contributed by atoms with Gasteiger partial charge in [-0.05, 0) is 17.7 Å². The van der Waals surface area contributed by atoms with Crippen molar-refractivity contribution in [2.75, 3.05) is 19.3 Å². The van der Waals surface area contributed by atoms with Crippen LogP contribution >= 0.6 is 0 Å². The fourth-order valence-electron chi connectivity index (χ4n) is 3.57. The minimum atomic E-state index is -3.31. The Morgan fingerprint density at radius 1 is 1.23 bits per heavy atom. The molecular weight excluding hydrogens is 406 g/mol. The molecule has 3 aromatic heterocycles. The van der Waals surface area contributed by atoms with Crippen LogP contribution in [0.2, 0.25) is 0 Å². The molecule has 156 valence electrons. The molecule has 0 spiro atoms. The van der Waals surface area contributed by atoms with Crippen molar-refractivity contribution in [1.82, 2.24) is 24.4 Å². The summed E-state index contributed by atoms with van der Waals surface area (Å²) in [5.41, 5.74) is 3.14. The number of fused-ring (bicyclic) bond motifs is 1. The Morgan fingerprint density at radius 3 is 2.67 bits per heavy atom. The molecule has 10 heteroatoms. The van der Waals surface area contributed by atoms with Crippen LogP contribution in [0.15, 0.2) is 47.9 Å². The highest BCUT2D eigenvalue weighted by Crippen LogP contribution is 2.26. The molecule has 0 aliphatic carbocycles. The summed E-state index contributed by atoms with van der Waals surface area (Å²) < 4.78 is 25.3. The maximum atomic E-state index is 11.7. The Bertz CT molecular complexity index is 1250. The first-order valence-corrected chi connectivity index (χ1v) is 11.3. The molecule has 1 atom stereocenters. The average molecular weight is 427 g/mol. The van der Waals surface area contributed by atoms with Gasteiger partial charge in [-0.1, -0.05) is 13.0 Å². The summed E-state index contributed by atoms with van der Waals surface area (Å²) in [5.74, 6) is 0.0385. The van der Waals surface area contributed by atoms with E-state index in [0.717, 1.165) is 28.6 Å². The zero-order valence-corrected chi connectivity index (χ0v) is 17.4. The average Bonchev–Trinajstić information content (AvgIpc) is 3.10. The van der Waals surface area contributed by atoms with Crippen LogP contribution < -0.4 is 0 Å². The molecule has 0 saturated carbocycles. The molecule has 3 aromatic rings. The van der Waals surface area contributed by atoms with Crippen molar-refractivity contribution >= 4 is 32.5 Å². The lowest BCUT2D eigenvalue weighted by Crippen LogP contribution is -2.37. The zero-order chi connectivity index (χ0) is 21.5. The summed E-state index contributed by atoms with van der Waals surface area (Å²) in [6.07, 6.45) is 8.72. The maximum Gasteiger partial charge on any atom is 0.407 e. The van der Waals surface area contributed by atoms with E-state index in [2.05, 4.69) is 15.0 Å². The first-order valence-electron chi connectivity index (χ1n) is 9.36. The van der Waals surface area contributed by atoms with Crippen LogP contribution in [-0.4, -0.2) is 63.4 Å². The topological polar surface area (TPSA) is 118 Å². The molecule has 1 N–H and O–H groups in total. The Hall–Kier alpha value is -3.27. The fourth-order valence-corrected chi connectivity index (χ4v) is 4.16. The van der Waals surface area contributed by atoms with E-state index in [1.54, 1.807) is 18.5 Å². The van der Waals surface area contributed by atoms with Gasteiger partial charge in [0.05, 0.1) is 35.2 Å². The van der Waals surface area contributed by atoms with Crippen molar-refractivity contribution in [3.63, 3.8) is 0 Å². The minimum Gasteiger partial charge on any atom is -0.465 e. The number of rotatable bonds is 4. The highest BCUT2D eigenvalue weighted by molar-refractivity contribution is 7.90. The summed E-state index contributed by atoms with van der Waals surface area (Å²) in [6, 6.07) is 3.43. The van der Waals surface area contributed by atoms with Gasteiger partial charge in [-0.2, -0.15) is 0 Å². The summed E-state index contributed by atoms with van der Waals surface area (Å²) in [4.78, 5) is 26.0. The molecule has 0 radical (unpaired) electrons. The second-order valence-electron chi connectivity index (χ2n) is 7.44. The standard InChI is InChI=1S/C20H21N5O4S/c1-13-11-25(20(26)27)6-4-17(13)18-10-21-15(8-22-18)12-24-5-3-14-7-16(30(2,28)29)9-23-19(14)24/h3-5,7-10,13H,6,11-12H2,1-2H3,(H,26,27). The molecule has 9 nitrogen and oxygen atoms in total. The molecule has 30 heavy (non-hydrogen) atoms. The highest BCUT2D eigenvalue weighted by Gasteiger charge is 2.23. The van der Waals surface area contributed by atoms with Crippen LogP contribution in [0.4, 0.5) is 4.79 Å². The van der Waals surface area contributed by atoms with Crippen molar-refractivity contribution in [1.29, 1.82) is 0 Å². The van der Waals surface area contributed by atoms with E-state index < -0.39 is 15.9 Å². The van der Waals surface area contributed by atoms with Gasteiger partial charge in [0.15, 0.2) is 9.84 Å². The fraction of sp³-hybridized carbons (Fsp3) is 0.300. The predicted molar refractivity (Wildman–Crippen MR) is 111 cm³/mol. The number of carbonyl (C=O) groups is 1. The number of hydrogen-bond donors (Lipinski definition) is 1. The Balaban J connectivity index is 1.54. The molecule has 1 aliphatic rings. The molecule has 1 amide bonds. The molecule has 0 fully saturated rings. The van der Waals surface area contributed by atoms with Crippen LogP contribution in [0.1, 0.15) is 18.3 Å². The van der Waals surface area contributed by atoms with Crippen LogP contribution in [0, 0.1) is 5.92 Å². The van der Waals surface area contributed by atoms with E-state index >= 15 is 0 Å². The molecular formula is C20H21N5O4S. The Labute approximate surface area is 173 Å². The van der Waals surface area contributed by atoms with Gasteiger partial charge in [-0.25, -0.2) is 18.2 Å². The van der Waals surface area contributed by atoms with Crippen molar-refractivity contribution < 1.29 is 18.3 Å². The predicted octanol–water partition coefficient (Wildman–Crippen LogP) is 2.29. The SMILES string of the molecule is CC1CN(C(=O)O)CC=C1c1cnc(Cn2ccc3cc(S(C)(=O)=O)cnc32)cn1. The number of pyridine rings is 1. The molecule has 4 rings (SSSR count). The van der Waals surface area contributed by atoms with Gasteiger partial charge in [0, 0.05) is 43.0 Å². The number of sulfone groups is 1. The second-order valence-corrected chi connectivity index (χ2v) is 9.46. The van der Waals surface area contributed by atoms with Crippen molar-refractivity contribution in [3.8, 4) is 0 Å². The normalized spacial score (nSPS) is 17.2. The number of amides is 1. The van der Waals surface area contributed by atoms with Gasteiger partial charge in [-0.3, -0.25) is 9.97 Å². The largest absolute Gasteiger partial charge is 0.465 e. The van der Waals surface area contributed by atoms with Gasteiger partial charge in [-0.15, -0.1) is 0 Å². The number of aromatic nitrogens is 4. The number of nitrogens with zero attached hydrogens (tertiary/aromatic N) is 5. The maximum absolute atomic E-state index is 11.7. The molecule has 1 aliphatic heterocycles. The molecule has 0 saturated heterocycles. The quantitative estimate of drug-likeness (QED) is 0.678. The second kappa shape index (κ2) is 7.52. The van der Waals surface area contributed by atoms with Gasteiger partial charge in [0.1, 0.15) is 5.65 Å². The van der Waals surface area contributed by atoms with Crippen LogP contribution in [0.5, 0.6) is 0 Å². The lowest BCUT2D eigenvalue weighted by atomic mass is 9.94. The smallest absolute Gasteiger partial charge is 0.407 e. The lowest BCUT2D eigenvalue weighted by molar-refractivity contribution is 0.145. The van der Waals surface area contributed by atoms with E-state index in [-0.39, 0.29) is 10.8 Å². The van der Waals surface area contributed by atoms with Gasteiger partial charge >= 0.3 is 6.09 Å². The summed E-state index contributed by atoms with van der Waals surface area (Å²) in [5, 5.41) is 9.88.